The molecule has 0 spiro atoms. The van der Waals surface area contributed by atoms with Crippen molar-refractivity contribution >= 4 is 17.9 Å². The molecule has 0 aliphatic rings. The monoisotopic (exact) mass is 1270 g/mol. The van der Waals surface area contributed by atoms with E-state index in [2.05, 4.69) is 50.3 Å². The predicted molar refractivity (Wildman–Crippen MR) is 385 cm³/mol. The van der Waals surface area contributed by atoms with E-state index < -0.39 is 24.3 Å². The lowest BCUT2D eigenvalue weighted by molar-refractivity contribution is -0.870. The van der Waals surface area contributed by atoms with Gasteiger partial charge in [-0.05, 0) is 51.4 Å². The Morgan fingerprint density at radius 1 is 0.333 bits per heavy atom. The van der Waals surface area contributed by atoms with E-state index in [-0.39, 0.29) is 32.2 Å². The van der Waals surface area contributed by atoms with Gasteiger partial charge in [-0.3, -0.25) is 9.59 Å². The normalized spacial score (nSPS) is 12.8. The van der Waals surface area contributed by atoms with E-state index in [1.54, 1.807) is 0 Å². The van der Waals surface area contributed by atoms with Crippen molar-refractivity contribution in [2.45, 2.75) is 418 Å². The quantitative estimate of drug-likeness (QED) is 0.0195. The van der Waals surface area contributed by atoms with Crippen molar-refractivity contribution in [2.75, 3.05) is 47.5 Å². The summed E-state index contributed by atoms with van der Waals surface area (Å²) >= 11 is 0. The zero-order chi connectivity index (χ0) is 65.4. The fourth-order valence-corrected chi connectivity index (χ4v) is 12.1. The molecule has 0 fully saturated rings. The van der Waals surface area contributed by atoms with Gasteiger partial charge in [0.25, 0.3) is 0 Å². The summed E-state index contributed by atoms with van der Waals surface area (Å²) in [6, 6.07) is 0. The molecule has 9 heteroatoms. The van der Waals surface area contributed by atoms with Crippen LogP contribution in [-0.2, 0) is 33.3 Å². The number of nitrogens with zero attached hydrogens (tertiary/aromatic N) is 1. The van der Waals surface area contributed by atoms with Crippen molar-refractivity contribution in [2.24, 2.45) is 0 Å². The lowest BCUT2D eigenvalue weighted by Crippen LogP contribution is -2.44. The minimum absolute atomic E-state index is 0.152. The van der Waals surface area contributed by atoms with Crippen molar-refractivity contribution in [3.63, 3.8) is 0 Å². The van der Waals surface area contributed by atoms with Gasteiger partial charge in [-0.2, -0.15) is 0 Å². The van der Waals surface area contributed by atoms with Crippen LogP contribution in [0.1, 0.15) is 406 Å². The van der Waals surface area contributed by atoms with Gasteiger partial charge in [0.2, 0.25) is 0 Å². The number of allylic oxidation sites excluding steroid dienone is 6. The molecule has 0 rings (SSSR count). The lowest BCUT2D eigenvalue weighted by atomic mass is 10.0. The molecule has 0 amide bonds. The molecule has 0 aliphatic heterocycles. The summed E-state index contributed by atoms with van der Waals surface area (Å²) in [7, 11) is 5.95. The first-order valence-corrected chi connectivity index (χ1v) is 39.6. The van der Waals surface area contributed by atoms with Gasteiger partial charge >= 0.3 is 11.9 Å². The zero-order valence-electron chi connectivity index (χ0n) is 60.8. The number of hydrogen-bond acceptors (Lipinski definition) is 8. The molecule has 0 bridgehead atoms. The van der Waals surface area contributed by atoms with Crippen LogP contribution in [0.25, 0.3) is 0 Å². The van der Waals surface area contributed by atoms with Crippen molar-refractivity contribution < 1.29 is 42.9 Å². The summed E-state index contributed by atoms with van der Waals surface area (Å²) in [4.78, 5) is 37.6. The summed E-state index contributed by atoms with van der Waals surface area (Å²) in [6.45, 7) is 4.82. The number of likely N-dealkylation sites (N-methyl/N-ethyl adjacent to an activating group) is 1. The molecule has 0 aliphatic carbocycles. The molecule has 0 aromatic carbocycles. The second-order valence-corrected chi connectivity index (χ2v) is 28.4. The molecule has 9 nitrogen and oxygen atoms in total. The van der Waals surface area contributed by atoms with E-state index in [0.29, 0.717) is 17.4 Å². The van der Waals surface area contributed by atoms with Crippen molar-refractivity contribution in [1.82, 2.24) is 0 Å². The maximum atomic E-state index is 13.0. The van der Waals surface area contributed by atoms with Crippen LogP contribution in [0.2, 0.25) is 0 Å². The molecule has 0 saturated heterocycles. The van der Waals surface area contributed by atoms with Crippen molar-refractivity contribution in [3.05, 3.63) is 36.5 Å². The lowest BCUT2D eigenvalue weighted by Gasteiger charge is -2.26. The number of unbranched alkanes of at least 4 members (excludes halogenated alkanes) is 54. The van der Waals surface area contributed by atoms with E-state index in [1.165, 1.54) is 327 Å². The maximum absolute atomic E-state index is 13.0. The van der Waals surface area contributed by atoms with Gasteiger partial charge < -0.3 is 33.3 Å². The van der Waals surface area contributed by atoms with Crippen molar-refractivity contribution in [3.8, 4) is 0 Å². The number of carbonyl (C=O) groups excluding carboxylic acids is 3. The number of ether oxygens (including phenoxy) is 4. The number of carbonyl (C=O) groups is 3. The van der Waals surface area contributed by atoms with Gasteiger partial charge in [0.1, 0.15) is 13.2 Å². The van der Waals surface area contributed by atoms with Gasteiger partial charge in [-0.25, -0.2) is 0 Å². The Hall–Kier alpha value is -2.49. The van der Waals surface area contributed by atoms with Crippen LogP contribution in [0.15, 0.2) is 36.5 Å². The Bertz CT molecular complexity index is 1570. The molecule has 90 heavy (non-hydrogen) atoms. The second-order valence-electron chi connectivity index (χ2n) is 28.4. The molecule has 2 atom stereocenters. The Morgan fingerprint density at radius 2 is 0.600 bits per heavy atom. The third-order valence-electron chi connectivity index (χ3n) is 18.1. The fourth-order valence-electron chi connectivity index (χ4n) is 12.1. The third kappa shape index (κ3) is 72.9. The van der Waals surface area contributed by atoms with E-state index in [1.807, 2.05) is 21.1 Å². The molecule has 0 saturated carbocycles. The van der Waals surface area contributed by atoms with Gasteiger partial charge in [-0.1, -0.05) is 378 Å². The molecule has 0 aromatic rings. The van der Waals surface area contributed by atoms with E-state index in [0.717, 1.165) is 51.4 Å². The van der Waals surface area contributed by atoms with Crippen LogP contribution in [0, 0.1) is 0 Å². The first kappa shape index (κ1) is 87.5. The van der Waals surface area contributed by atoms with Crippen LogP contribution >= 0.6 is 0 Å². The van der Waals surface area contributed by atoms with E-state index >= 15 is 0 Å². The van der Waals surface area contributed by atoms with Crippen LogP contribution in [0.4, 0.5) is 0 Å². The number of esters is 2. The number of hydrogen-bond donors (Lipinski definition) is 0. The molecule has 530 valence electrons. The molecular formula is C81H153NO8. The molecule has 0 radical (unpaired) electrons. The first-order valence-electron chi connectivity index (χ1n) is 39.6. The predicted octanol–water partition coefficient (Wildman–Crippen LogP) is 23.8. The van der Waals surface area contributed by atoms with Gasteiger partial charge in [0.05, 0.1) is 40.3 Å². The second kappa shape index (κ2) is 72.3. The zero-order valence-corrected chi connectivity index (χ0v) is 60.8. The highest BCUT2D eigenvalue weighted by atomic mass is 16.7. The summed E-state index contributed by atoms with van der Waals surface area (Å²) < 4.78 is 22.9. The molecule has 0 N–H and O–H groups in total. The Morgan fingerprint density at radius 3 is 0.889 bits per heavy atom. The number of carboxylic acid groups (broad SMARTS) is 1. The standard InChI is InChI=1S/C81H153NO8/c1-6-8-10-12-14-16-18-20-22-24-26-28-30-32-34-35-36-37-38-39-40-41-42-43-44-45-46-48-50-52-54-56-58-60-62-64-66-68-70-72-79(84)90-77(76-89-81(80(85)86)87-74-73-82(3,4)5)75-88-78(83)71-69-67-65-63-61-59-57-55-53-51-49-47-33-31-29-27-25-23-21-19-17-15-13-11-9-7-2/h18,20,24,26,30,32,77,81H,6-17,19,21-23,25,27-29,31,33-76H2,1-5H3/b20-18-,26-24-,32-30-. The minimum atomic E-state index is -1.62. The number of aliphatic carboxylic acids is 1. The number of rotatable bonds is 75. The SMILES string of the molecule is CCCCCCC/C=C\C/C=C\C/C=C\CCCCCCCCCCCCCCCCCCCCCCCCCCC(=O)OC(COC(=O)CCCCCCCCCCCCCCCCCCCCCCCCCCCC)COC(OCC[N+](C)(C)C)C(=O)[O-]. The summed E-state index contributed by atoms with van der Waals surface area (Å²) in [5.74, 6) is -2.25. The van der Waals surface area contributed by atoms with E-state index in [4.69, 9.17) is 18.9 Å². The molecule has 0 aromatic heterocycles. The fraction of sp³-hybridized carbons (Fsp3) is 0.889. The van der Waals surface area contributed by atoms with E-state index in [9.17, 15) is 19.5 Å². The highest BCUT2D eigenvalue weighted by Gasteiger charge is 2.22. The number of carboxylic acids is 1. The van der Waals surface area contributed by atoms with Crippen LogP contribution in [0.5, 0.6) is 0 Å². The van der Waals surface area contributed by atoms with Crippen LogP contribution < -0.4 is 5.11 Å². The topological polar surface area (TPSA) is 111 Å². The van der Waals surface area contributed by atoms with Gasteiger partial charge in [0.15, 0.2) is 12.4 Å². The van der Waals surface area contributed by atoms with Crippen LogP contribution in [-0.4, -0.2) is 82.3 Å². The Labute approximate surface area is 560 Å². The average Bonchev–Trinajstić information content (AvgIpc) is 3.65. The van der Waals surface area contributed by atoms with Gasteiger partial charge in [-0.15, -0.1) is 0 Å². The molecular weight excluding hydrogens is 1110 g/mol. The van der Waals surface area contributed by atoms with Crippen molar-refractivity contribution in [1.29, 1.82) is 0 Å². The van der Waals surface area contributed by atoms with Gasteiger partial charge in [0, 0.05) is 12.8 Å². The first-order chi connectivity index (χ1) is 44.1. The summed E-state index contributed by atoms with van der Waals surface area (Å²) in [5, 5.41) is 11.8. The maximum Gasteiger partial charge on any atom is 0.306 e. The minimum Gasteiger partial charge on any atom is -0.545 e. The number of quaternary nitrogens is 1. The largest absolute Gasteiger partial charge is 0.545 e. The smallest absolute Gasteiger partial charge is 0.306 e. The summed E-state index contributed by atoms with van der Waals surface area (Å²) in [5.41, 5.74) is 0. The summed E-state index contributed by atoms with van der Waals surface area (Å²) in [6.07, 6.45) is 89.8. The molecule has 0 heterocycles. The Balaban J connectivity index is 3.95. The Kier molecular flexibility index (Phi) is 70.3. The highest BCUT2D eigenvalue weighted by molar-refractivity contribution is 5.70. The average molecular weight is 1270 g/mol. The highest BCUT2D eigenvalue weighted by Crippen LogP contribution is 2.20. The molecule has 2 unspecified atom stereocenters. The third-order valence-corrected chi connectivity index (χ3v) is 18.1. The van der Waals surface area contributed by atoms with Crippen LogP contribution in [0.3, 0.4) is 0 Å².